The number of halogens is 1. The van der Waals surface area contributed by atoms with Gasteiger partial charge in [-0.3, -0.25) is 4.79 Å². The van der Waals surface area contributed by atoms with Gasteiger partial charge in [-0.25, -0.2) is 0 Å². The molecule has 0 aliphatic rings. The number of allylic oxidation sites excluding steroid dienone is 2. The third-order valence-electron chi connectivity index (χ3n) is 2.21. The smallest absolute Gasteiger partial charge is 0.176 e. The minimum Gasteiger partial charge on any atom is -0.388 e. The zero-order valence-electron chi connectivity index (χ0n) is 9.19. The molecular formula is C13H15ClO2. The summed E-state index contributed by atoms with van der Waals surface area (Å²) in [6.45, 7) is 1.91. The van der Waals surface area contributed by atoms with Crippen molar-refractivity contribution in [3.63, 3.8) is 0 Å². The van der Waals surface area contributed by atoms with E-state index in [0.717, 1.165) is 5.56 Å². The topological polar surface area (TPSA) is 37.3 Å². The summed E-state index contributed by atoms with van der Waals surface area (Å²) in [6.07, 6.45) is 1.61. The zero-order valence-corrected chi connectivity index (χ0v) is 9.95. The Morgan fingerprint density at radius 2 is 2.06 bits per heavy atom. The van der Waals surface area contributed by atoms with Crippen molar-refractivity contribution in [2.45, 2.75) is 25.9 Å². The van der Waals surface area contributed by atoms with Gasteiger partial charge >= 0.3 is 0 Å². The summed E-state index contributed by atoms with van der Waals surface area (Å²) >= 11 is 5.76. The fraction of sp³-hybridized carbons (Fsp3) is 0.308. The molecule has 0 heterocycles. The second-order valence-electron chi connectivity index (χ2n) is 3.51. The fourth-order valence-electron chi connectivity index (χ4n) is 1.36. The molecule has 3 heteroatoms. The number of aliphatic hydroxyl groups excluding tert-OH is 1. The van der Waals surface area contributed by atoms with Crippen LogP contribution in [0.1, 0.15) is 31.4 Å². The van der Waals surface area contributed by atoms with Crippen molar-refractivity contribution in [1.29, 1.82) is 0 Å². The quantitative estimate of drug-likeness (QED) is 0.800. The van der Waals surface area contributed by atoms with Crippen LogP contribution in [0.4, 0.5) is 0 Å². The first-order valence-electron chi connectivity index (χ1n) is 5.27. The van der Waals surface area contributed by atoms with E-state index in [0.29, 0.717) is 6.42 Å². The van der Waals surface area contributed by atoms with Crippen LogP contribution in [-0.2, 0) is 4.79 Å². The minimum absolute atomic E-state index is 0.0271. The first-order chi connectivity index (χ1) is 7.65. The molecule has 0 bridgehead atoms. The fourth-order valence-corrected chi connectivity index (χ4v) is 1.59. The van der Waals surface area contributed by atoms with Crippen LogP contribution in [0.25, 0.3) is 0 Å². The molecule has 0 spiro atoms. The van der Waals surface area contributed by atoms with E-state index in [9.17, 15) is 9.90 Å². The van der Waals surface area contributed by atoms with Gasteiger partial charge in [0.15, 0.2) is 5.78 Å². The van der Waals surface area contributed by atoms with Crippen molar-refractivity contribution in [3.8, 4) is 0 Å². The normalized spacial score (nSPS) is 13.6. The van der Waals surface area contributed by atoms with Crippen LogP contribution in [0.3, 0.4) is 0 Å². The van der Waals surface area contributed by atoms with Gasteiger partial charge in [0, 0.05) is 6.42 Å². The Morgan fingerprint density at radius 1 is 1.44 bits per heavy atom. The Labute approximate surface area is 101 Å². The summed E-state index contributed by atoms with van der Waals surface area (Å²) in [7, 11) is 0. The average Bonchev–Trinajstić information content (AvgIpc) is 2.30. The van der Waals surface area contributed by atoms with Gasteiger partial charge in [0.05, 0.1) is 11.1 Å². The maximum absolute atomic E-state index is 11.6. The van der Waals surface area contributed by atoms with Gasteiger partial charge in [-0.1, -0.05) is 54.9 Å². The number of Topliss-reactive ketones (excluding diaryl/α,β-unsaturated/α-hetero) is 1. The highest BCUT2D eigenvalue weighted by Gasteiger charge is 2.14. The predicted octanol–water partition coefficient (Wildman–Crippen LogP) is 3.21. The van der Waals surface area contributed by atoms with E-state index in [4.69, 9.17) is 11.6 Å². The number of carbonyl (C=O) groups excluding carboxylic acids is 1. The highest BCUT2D eigenvalue weighted by atomic mass is 35.5. The zero-order chi connectivity index (χ0) is 12.0. The molecule has 1 aromatic rings. The monoisotopic (exact) mass is 238 g/mol. The van der Waals surface area contributed by atoms with Gasteiger partial charge in [0.2, 0.25) is 0 Å². The van der Waals surface area contributed by atoms with Crippen LogP contribution in [0, 0.1) is 0 Å². The van der Waals surface area contributed by atoms with Gasteiger partial charge in [0.1, 0.15) is 0 Å². The van der Waals surface area contributed by atoms with E-state index in [1.807, 2.05) is 25.1 Å². The molecule has 1 N–H and O–H groups in total. The second kappa shape index (κ2) is 6.46. The molecule has 0 aliphatic heterocycles. The summed E-state index contributed by atoms with van der Waals surface area (Å²) in [6, 6.07) is 9.09. The summed E-state index contributed by atoms with van der Waals surface area (Å²) in [5, 5.41) is 10.0. The molecule has 1 rings (SSSR count). The van der Waals surface area contributed by atoms with E-state index in [2.05, 4.69) is 0 Å². The molecule has 2 nitrogen and oxygen atoms in total. The predicted molar refractivity (Wildman–Crippen MR) is 65.3 cm³/mol. The third kappa shape index (κ3) is 3.80. The largest absolute Gasteiger partial charge is 0.388 e. The number of hydrogen-bond donors (Lipinski definition) is 1. The Hall–Kier alpha value is -1.12. The molecule has 1 atom stereocenters. The molecule has 16 heavy (non-hydrogen) atoms. The average molecular weight is 239 g/mol. The van der Waals surface area contributed by atoms with Crippen LogP contribution in [0.15, 0.2) is 41.4 Å². The molecule has 0 unspecified atom stereocenters. The first kappa shape index (κ1) is 12.9. The van der Waals surface area contributed by atoms with Crippen molar-refractivity contribution in [2.75, 3.05) is 0 Å². The number of hydrogen-bond acceptors (Lipinski definition) is 2. The molecule has 0 amide bonds. The van der Waals surface area contributed by atoms with Gasteiger partial charge in [-0.2, -0.15) is 0 Å². The van der Waals surface area contributed by atoms with Gasteiger partial charge in [-0.15, -0.1) is 0 Å². The van der Waals surface area contributed by atoms with E-state index in [-0.39, 0.29) is 17.2 Å². The Bertz CT molecular complexity index is 371. The standard InChI is InChI=1S/C13H15ClO2/c1-2-6-11(14)13(16)9-12(15)10-7-4-3-5-8-10/h3-8,12,15H,2,9H2,1H3/b11-6-/t12-/m1/s1. The summed E-state index contributed by atoms with van der Waals surface area (Å²) in [5.41, 5.74) is 0.733. The van der Waals surface area contributed by atoms with E-state index in [1.165, 1.54) is 0 Å². The third-order valence-corrected chi connectivity index (χ3v) is 2.58. The number of rotatable bonds is 5. The molecule has 0 saturated carbocycles. The van der Waals surface area contributed by atoms with Gasteiger partial charge in [-0.05, 0) is 12.0 Å². The van der Waals surface area contributed by atoms with Crippen molar-refractivity contribution in [1.82, 2.24) is 0 Å². The molecule has 0 aliphatic carbocycles. The Balaban J connectivity index is 2.62. The molecule has 1 aromatic carbocycles. The number of carbonyl (C=O) groups is 1. The number of ketones is 1. The summed E-state index contributed by atoms with van der Waals surface area (Å²) in [5.74, 6) is -0.222. The van der Waals surface area contributed by atoms with Crippen LogP contribution < -0.4 is 0 Å². The lowest BCUT2D eigenvalue weighted by atomic mass is 10.0. The highest BCUT2D eigenvalue weighted by Crippen LogP contribution is 2.19. The number of benzene rings is 1. The van der Waals surface area contributed by atoms with Crippen molar-refractivity contribution >= 4 is 17.4 Å². The molecule has 0 saturated heterocycles. The van der Waals surface area contributed by atoms with Crippen molar-refractivity contribution in [2.24, 2.45) is 0 Å². The lowest BCUT2D eigenvalue weighted by Gasteiger charge is -2.09. The SMILES string of the molecule is CC/C=C(\Cl)C(=O)C[C@@H](O)c1ccccc1. The second-order valence-corrected chi connectivity index (χ2v) is 3.92. The first-order valence-corrected chi connectivity index (χ1v) is 5.64. The van der Waals surface area contributed by atoms with Crippen LogP contribution >= 0.6 is 11.6 Å². The van der Waals surface area contributed by atoms with Gasteiger partial charge in [0.25, 0.3) is 0 Å². The van der Waals surface area contributed by atoms with E-state index in [1.54, 1.807) is 18.2 Å². The van der Waals surface area contributed by atoms with Crippen LogP contribution in [0.2, 0.25) is 0 Å². The van der Waals surface area contributed by atoms with Gasteiger partial charge < -0.3 is 5.11 Å². The molecular weight excluding hydrogens is 224 g/mol. The molecule has 0 fully saturated rings. The van der Waals surface area contributed by atoms with Crippen LogP contribution in [-0.4, -0.2) is 10.9 Å². The molecule has 0 radical (unpaired) electrons. The lowest BCUT2D eigenvalue weighted by Crippen LogP contribution is -2.06. The van der Waals surface area contributed by atoms with Crippen molar-refractivity contribution < 1.29 is 9.90 Å². The lowest BCUT2D eigenvalue weighted by molar-refractivity contribution is -0.116. The number of aliphatic hydroxyl groups is 1. The maximum Gasteiger partial charge on any atom is 0.176 e. The van der Waals surface area contributed by atoms with Crippen LogP contribution in [0.5, 0.6) is 0 Å². The highest BCUT2D eigenvalue weighted by molar-refractivity contribution is 6.42. The Kier molecular flexibility index (Phi) is 5.23. The molecule has 86 valence electrons. The summed E-state index contributed by atoms with van der Waals surface area (Å²) in [4.78, 5) is 11.6. The van der Waals surface area contributed by atoms with Crippen molar-refractivity contribution in [3.05, 3.63) is 47.0 Å². The van der Waals surface area contributed by atoms with E-state index < -0.39 is 6.10 Å². The molecule has 0 aromatic heterocycles. The maximum atomic E-state index is 11.6. The Morgan fingerprint density at radius 3 is 2.62 bits per heavy atom. The summed E-state index contributed by atoms with van der Waals surface area (Å²) < 4.78 is 0. The van der Waals surface area contributed by atoms with E-state index >= 15 is 0 Å². The minimum atomic E-state index is -0.785.